The van der Waals surface area contributed by atoms with Crippen LogP contribution in [0.25, 0.3) is 0 Å². The minimum absolute atomic E-state index is 0.689. The van der Waals surface area contributed by atoms with Gasteiger partial charge >= 0.3 is 0 Å². The molecule has 0 saturated heterocycles. The standard InChI is InChI=1S/C27H56O3/c1-3-5-7-8-9-10-11-12-13-14-15-16-17-18-19-21-23-29-25-27-30-26-24-28-22-20-6-4-2/h3-27H2,1-2H3. The fourth-order valence-corrected chi connectivity index (χ4v) is 3.75. The van der Waals surface area contributed by atoms with Gasteiger partial charge < -0.3 is 14.2 Å². The van der Waals surface area contributed by atoms with E-state index in [9.17, 15) is 0 Å². The molecule has 0 amide bonds. The summed E-state index contributed by atoms with van der Waals surface area (Å²) >= 11 is 0. The minimum Gasteiger partial charge on any atom is -0.379 e. The maximum atomic E-state index is 5.65. The van der Waals surface area contributed by atoms with Crippen molar-refractivity contribution in [1.82, 2.24) is 0 Å². The lowest BCUT2D eigenvalue weighted by atomic mass is 10.0. The average Bonchev–Trinajstić information content (AvgIpc) is 2.76. The predicted octanol–water partition coefficient (Wildman–Crippen LogP) is 8.49. The molecule has 0 saturated carbocycles. The Bertz CT molecular complexity index is 255. The topological polar surface area (TPSA) is 27.7 Å². The first kappa shape index (κ1) is 29.9. The van der Waals surface area contributed by atoms with Crippen molar-refractivity contribution in [2.24, 2.45) is 0 Å². The van der Waals surface area contributed by atoms with E-state index in [1.165, 1.54) is 122 Å². The Morgan fingerprint density at radius 3 is 0.867 bits per heavy atom. The molecule has 30 heavy (non-hydrogen) atoms. The molecule has 182 valence electrons. The molecule has 0 rings (SSSR count). The zero-order chi connectivity index (χ0) is 21.8. The summed E-state index contributed by atoms with van der Waals surface area (Å²) in [4.78, 5) is 0. The fraction of sp³-hybridized carbons (Fsp3) is 1.00. The van der Waals surface area contributed by atoms with Gasteiger partial charge in [0.05, 0.1) is 26.4 Å². The number of hydrogen-bond donors (Lipinski definition) is 0. The molecule has 0 aromatic heterocycles. The third-order valence-corrected chi connectivity index (χ3v) is 5.78. The molecule has 0 aliphatic heterocycles. The van der Waals surface area contributed by atoms with E-state index >= 15 is 0 Å². The van der Waals surface area contributed by atoms with Crippen LogP contribution in [0.2, 0.25) is 0 Å². The SMILES string of the molecule is CCCCCCCCCCCCCCCCCCOCCOCCOCCCCC. The normalized spacial score (nSPS) is 11.4. The maximum Gasteiger partial charge on any atom is 0.0701 e. The molecule has 0 fully saturated rings. The Hall–Kier alpha value is -0.120. The molecule has 0 unspecified atom stereocenters. The molecule has 0 N–H and O–H groups in total. The third-order valence-electron chi connectivity index (χ3n) is 5.78. The Morgan fingerprint density at radius 1 is 0.267 bits per heavy atom. The molecule has 3 heteroatoms. The minimum atomic E-state index is 0.689. The van der Waals surface area contributed by atoms with Gasteiger partial charge in [0.25, 0.3) is 0 Å². The average molecular weight is 429 g/mol. The van der Waals surface area contributed by atoms with Gasteiger partial charge in [-0.15, -0.1) is 0 Å². The maximum absolute atomic E-state index is 5.65. The first-order valence-corrected chi connectivity index (χ1v) is 13.6. The Balaban J connectivity index is 2.97. The summed E-state index contributed by atoms with van der Waals surface area (Å²) in [6.07, 6.45) is 26.3. The van der Waals surface area contributed by atoms with E-state index in [4.69, 9.17) is 14.2 Å². The summed E-state index contributed by atoms with van der Waals surface area (Å²) in [6, 6.07) is 0. The molecule has 0 heterocycles. The molecule has 0 aliphatic carbocycles. The predicted molar refractivity (Wildman–Crippen MR) is 132 cm³/mol. The van der Waals surface area contributed by atoms with E-state index in [2.05, 4.69) is 13.8 Å². The van der Waals surface area contributed by atoms with Gasteiger partial charge in [0.15, 0.2) is 0 Å². The van der Waals surface area contributed by atoms with Crippen LogP contribution in [0.1, 0.15) is 136 Å². The summed E-state index contributed by atoms with van der Waals surface area (Å²) in [5.41, 5.74) is 0. The van der Waals surface area contributed by atoms with Gasteiger partial charge in [-0.05, 0) is 12.8 Å². The summed E-state index contributed by atoms with van der Waals surface area (Å²) in [6.45, 7) is 9.06. The van der Waals surface area contributed by atoms with Crippen molar-refractivity contribution in [3.63, 3.8) is 0 Å². The van der Waals surface area contributed by atoms with Gasteiger partial charge in [0, 0.05) is 13.2 Å². The van der Waals surface area contributed by atoms with E-state index in [0.717, 1.165) is 13.2 Å². The monoisotopic (exact) mass is 428 g/mol. The Labute approximate surface area is 190 Å². The summed E-state index contributed by atoms with van der Waals surface area (Å²) in [7, 11) is 0. The lowest BCUT2D eigenvalue weighted by molar-refractivity contribution is 0.0133. The van der Waals surface area contributed by atoms with Gasteiger partial charge in [-0.3, -0.25) is 0 Å². The summed E-state index contributed by atoms with van der Waals surface area (Å²) in [5, 5.41) is 0. The van der Waals surface area contributed by atoms with Crippen LogP contribution in [0.3, 0.4) is 0 Å². The van der Waals surface area contributed by atoms with E-state index in [0.29, 0.717) is 26.4 Å². The van der Waals surface area contributed by atoms with Crippen LogP contribution < -0.4 is 0 Å². The third kappa shape index (κ3) is 27.9. The van der Waals surface area contributed by atoms with Gasteiger partial charge in [0.1, 0.15) is 0 Å². The molecular weight excluding hydrogens is 372 g/mol. The number of hydrogen-bond acceptors (Lipinski definition) is 3. The smallest absolute Gasteiger partial charge is 0.0701 e. The van der Waals surface area contributed by atoms with Crippen molar-refractivity contribution in [2.45, 2.75) is 136 Å². The van der Waals surface area contributed by atoms with Crippen LogP contribution in [0, 0.1) is 0 Å². The zero-order valence-corrected chi connectivity index (χ0v) is 20.9. The quantitative estimate of drug-likeness (QED) is 0.123. The summed E-state index contributed by atoms with van der Waals surface area (Å²) in [5.74, 6) is 0. The van der Waals surface area contributed by atoms with Crippen LogP contribution in [0.4, 0.5) is 0 Å². The van der Waals surface area contributed by atoms with E-state index < -0.39 is 0 Å². The number of rotatable bonds is 27. The zero-order valence-electron chi connectivity index (χ0n) is 20.9. The lowest BCUT2D eigenvalue weighted by Gasteiger charge is -2.07. The largest absolute Gasteiger partial charge is 0.379 e. The van der Waals surface area contributed by atoms with Crippen molar-refractivity contribution in [3.8, 4) is 0 Å². The van der Waals surface area contributed by atoms with Gasteiger partial charge in [0.2, 0.25) is 0 Å². The second-order valence-electron chi connectivity index (χ2n) is 8.85. The van der Waals surface area contributed by atoms with Gasteiger partial charge in [-0.1, -0.05) is 123 Å². The highest BCUT2D eigenvalue weighted by Crippen LogP contribution is 2.13. The van der Waals surface area contributed by atoms with Crippen molar-refractivity contribution in [1.29, 1.82) is 0 Å². The molecule has 0 bridgehead atoms. The van der Waals surface area contributed by atoms with Crippen LogP contribution in [-0.4, -0.2) is 39.6 Å². The van der Waals surface area contributed by atoms with Crippen LogP contribution in [-0.2, 0) is 14.2 Å². The van der Waals surface area contributed by atoms with Crippen molar-refractivity contribution >= 4 is 0 Å². The first-order valence-electron chi connectivity index (χ1n) is 13.6. The molecule has 0 atom stereocenters. The fourth-order valence-electron chi connectivity index (χ4n) is 3.75. The molecular formula is C27H56O3. The number of unbranched alkanes of at least 4 members (excludes halogenated alkanes) is 17. The van der Waals surface area contributed by atoms with E-state index in [1.54, 1.807) is 0 Å². The Kier molecular flexibility index (Phi) is 28.8. The van der Waals surface area contributed by atoms with Crippen LogP contribution >= 0.6 is 0 Å². The van der Waals surface area contributed by atoms with E-state index in [1.807, 2.05) is 0 Å². The number of ether oxygens (including phenoxy) is 3. The lowest BCUT2D eigenvalue weighted by Crippen LogP contribution is -2.10. The molecule has 0 aromatic rings. The van der Waals surface area contributed by atoms with Crippen molar-refractivity contribution in [3.05, 3.63) is 0 Å². The van der Waals surface area contributed by atoms with Crippen molar-refractivity contribution in [2.75, 3.05) is 39.6 Å². The van der Waals surface area contributed by atoms with E-state index in [-0.39, 0.29) is 0 Å². The molecule has 0 spiro atoms. The first-order chi connectivity index (χ1) is 14.9. The molecule has 3 nitrogen and oxygen atoms in total. The second-order valence-corrected chi connectivity index (χ2v) is 8.85. The Morgan fingerprint density at radius 2 is 0.500 bits per heavy atom. The molecule has 0 aromatic carbocycles. The van der Waals surface area contributed by atoms with Crippen LogP contribution in [0.5, 0.6) is 0 Å². The highest BCUT2D eigenvalue weighted by molar-refractivity contribution is 4.50. The molecule has 0 radical (unpaired) electrons. The highest BCUT2D eigenvalue weighted by atomic mass is 16.5. The van der Waals surface area contributed by atoms with Gasteiger partial charge in [-0.25, -0.2) is 0 Å². The molecule has 0 aliphatic rings. The highest BCUT2D eigenvalue weighted by Gasteiger charge is 1.96. The van der Waals surface area contributed by atoms with Crippen LogP contribution in [0.15, 0.2) is 0 Å². The van der Waals surface area contributed by atoms with Crippen molar-refractivity contribution < 1.29 is 14.2 Å². The second kappa shape index (κ2) is 28.9. The van der Waals surface area contributed by atoms with Gasteiger partial charge in [-0.2, -0.15) is 0 Å². The summed E-state index contributed by atoms with van der Waals surface area (Å²) < 4.78 is 16.7.